The highest BCUT2D eigenvalue weighted by molar-refractivity contribution is 5.95. The fourth-order valence-corrected chi connectivity index (χ4v) is 3.04. The molecule has 0 spiro atoms. The molecule has 7 nitrogen and oxygen atoms in total. The fourth-order valence-electron chi connectivity index (χ4n) is 3.04. The highest BCUT2D eigenvalue weighted by Crippen LogP contribution is 2.31. The van der Waals surface area contributed by atoms with Gasteiger partial charge in [0, 0.05) is 17.8 Å². The van der Waals surface area contributed by atoms with Crippen molar-refractivity contribution in [2.45, 2.75) is 44.6 Å². The number of esters is 1. The van der Waals surface area contributed by atoms with Crippen molar-refractivity contribution < 1.29 is 19.6 Å². The smallest absolute Gasteiger partial charge is 0.344 e. The summed E-state index contributed by atoms with van der Waals surface area (Å²) >= 11 is 0. The first-order chi connectivity index (χ1) is 10.9. The maximum absolute atomic E-state index is 11.8. The Hall–Kier alpha value is -2.15. The quantitative estimate of drug-likeness (QED) is 0.491. The number of rotatable bonds is 5. The number of nitrogens with zero attached hydrogens (tertiary/aromatic N) is 1. The van der Waals surface area contributed by atoms with Crippen LogP contribution in [0.25, 0.3) is 0 Å². The van der Waals surface area contributed by atoms with Gasteiger partial charge in [-0.25, -0.2) is 4.79 Å². The maximum atomic E-state index is 11.8. The van der Waals surface area contributed by atoms with E-state index in [4.69, 9.17) is 0 Å². The molecular formula is C16H22N2O5. The van der Waals surface area contributed by atoms with Crippen molar-refractivity contribution in [3.05, 3.63) is 33.4 Å². The molecule has 1 aromatic rings. The van der Waals surface area contributed by atoms with Gasteiger partial charge in [0.2, 0.25) is 0 Å². The van der Waals surface area contributed by atoms with Gasteiger partial charge < -0.3 is 15.2 Å². The molecule has 0 bridgehead atoms. The SMILES string of the molecule is COC(=O)c1cc(NCC2(O)CCCCC2)cc(C)c1[N+](=O)[O-]. The summed E-state index contributed by atoms with van der Waals surface area (Å²) in [5.41, 5.74) is -0.169. The Bertz CT molecular complexity index is 609. The predicted molar refractivity (Wildman–Crippen MR) is 85.7 cm³/mol. The van der Waals surface area contributed by atoms with Gasteiger partial charge in [-0.3, -0.25) is 10.1 Å². The molecule has 0 saturated heterocycles. The highest BCUT2D eigenvalue weighted by atomic mass is 16.6. The van der Waals surface area contributed by atoms with Gasteiger partial charge >= 0.3 is 5.97 Å². The first-order valence-electron chi connectivity index (χ1n) is 7.70. The third-order valence-electron chi connectivity index (χ3n) is 4.29. The van der Waals surface area contributed by atoms with Crippen LogP contribution in [0, 0.1) is 17.0 Å². The van der Waals surface area contributed by atoms with Crippen LogP contribution in [-0.2, 0) is 4.74 Å². The summed E-state index contributed by atoms with van der Waals surface area (Å²) in [5.74, 6) is -0.750. The average molecular weight is 322 g/mol. The lowest BCUT2D eigenvalue weighted by molar-refractivity contribution is -0.385. The molecular weight excluding hydrogens is 300 g/mol. The monoisotopic (exact) mass is 322 g/mol. The lowest BCUT2D eigenvalue weighted by atomic mass is 9.85. The zero-order valence-corrected chi connectivity index (χ0v) is 13.4. The molecule has 0 amide bonds. The zero-order valence-electron chi connectivity index (χ0n) is 13.4. The summed E-state index contributed by atoms with van der Waals surface area (Å²) < 4.78 is 4.63. The molecule has 23 heavy (non-hydrogen) atoms. The second kappa shape index (κ2) is 6.95. The molecule has 0 atom stereocenters. The van der Waals surface area contributed by atoms with E-state index in [1.807, 2.05) is 0 Å². The number of aliphatic hydroxyl groups is 1. The Morgan fingerprint density at radius 2 is 2.04 bits per heavy atom. The van der Waals surface area contributed by atoms with Crippen molar-refractivity contribution in [3.63, 3.8) is 0 Å². The Morgan fingerprint density at radius 3 is 2.61 bits per heavy atom. The number of nitrogens with one attached hydrogen (secondary N) is 1. The molecule has 1 fully saturated rings. The van der Waals surface area contributed by atoms with E-state index in [0.717, 1.165) is 32.1 Å². The van der Waals surface area contributed by atoms with Gasteiger partial charge in [0.25, 0.3) is 5.69 Å². The Kier molecular flexibility index (Phi) is 5.20. The third-order valence-corrected chi connectivity index (χ3v) is 4.29. The van der Waals surface area contributed by atoms with Crippen molar-refractivity contribution in [2.24, 2.45) is 0 Å². The molecule has 0 heterocycles. The lowest BCUT2D eigenvalue weighted by Gasteiger charge is -2.32. The molecule has 0 aliphatic heterocycles. The number of nitro benzene ring substituents is 1. The second-order valence-corrected chi connectivity index (χ2v) is 6.08. The van der Waals surface area contributed by atoms with Crippen LogP contribution in [0.3, 0.4) is 0 Å². The highest BCUT2D eigenvalue weighted by Gasteiger charge is 2.30. The number of benzene rings is 1. The van der Waals surface area contributed by atoms with Crippen molar-refractivity contribution in [1.29, 1.82) is 0 Å². The van der Waals surface area contributed by atoms with Gasteiger partial charge in [-0.05, 0) is 31.9 Å². The van der Waals surface area contributed by atoms with E-state index in [-0.39, 0.29) is 11.3 Å². The second-order valence-electron chi connectivity index (χ2n) is 6.08. The standard InChI is InChI=1S/C16H22N2O5/c1-11-8-12(17-10-16(20)6-4-3-5-7-16)9-13(15(19)23-2)14(11)18(21)22/h8-9,17,20H,3-7,10H2,1-2H3. The molecule has 0 aromatic heterocycles. The summed E-state index contributed by atoms with van der Waals surface area (Å²) in [5, 5.41) is 24.8. The van der Waals surface area contributed by atoms with Crippen LogP contribution in [0.5, 0.6) is 0 Å². The van der Waals surface area contributed by atoms with Gasteiger partial charge in [-0.15, -0.1) is 0 Å². The molecule has 0 radical (unpaired) electrons. The third kappa shape index (κ3) is 3.98. The molecule has 126 valence electrons. The van der Waals surface area contributed by atoms with Crippen LogP contribution in [0.15, 0.2) is 12.1 Å². The number of anilines is 1. The topological polar surface area (TPSA) is 102 Å². The number of ether oxygens (including phenoxy) is 1. The molecule has 1 aliphatic carbocycles. The Labute approximate surface area is 134 Å². The van der Waals surface area contributed by atoms with Crippen molar-refractivity contribution in [3.8, 4) is 0 Å². The number of methoxy groups -OCH3 is 1. The normalized spacial score (nSPS) is 16.7. The van der Waals surface area contributed by atoms with Crippen LogP contribution in [-0.4, -0.2) is 35.3 Å². The first-order valence-corrected chi connectivity index (χ1v) is 7.70. The van der Waals surface area contributed by atoms with E-state index in [9.17, 15) is 20.0 Å². The number of aryl methyl sites for hydroxylation is 1. The molecule has 2 N–H and O–H groups in total. The minimum atomic E-state index is -0.765. The number of hydrogen-bond acceptors (Lipinski definition) is 6. The maximum Gasteiger partial charge on any atom is 0.344 e. The van der Waals surface area contributed by atoms with E-state index in [1.165, 1.54) is 13.2 Å². The van der Waals surface area contributed by atoms with Crippen molar-refractivity contribution in [1.82, 2.24) is 0 Å². The van der Waals surface area contributed by atoms with Gasteiger partial charge in [0.05, 0.1) is 17.6 Å². The Balaban J connectivity index is 2.24. The van der Waals surface area contributed by atoms with Crippen LogP contribution in [0.4, 0.5) is 11.4 Å². The van der Waals surface area contributed by atoms with Gasteiger partial charge in [0.1, 0.15) is 5.56 Å². The average Bonchev–Trinajstić information content (AvgIpc) is 2.52. The largest absolute Gasteiger partial charge is 0.465 e. The molecule has 7 heteroatoms. The summed E-state index contributed by atoms with van der Waals surface area (Å²) in [7, 11) is 1.19. The van der Waals surface area contributed by atoms with Crippen LogP contribution >= 0.6 is 0 Å². The lowest BCUT2D eigenvalue weighted by Crippen LogP contribution is -2.38. The van der Waals surface area contributed by atoms with Gasteiger partial charge in [-0.1, -0.05) is 19.3 Å². The molecule has 0 unspecified atom stereocenters. The Morgan fingerprint density at radius 1 is 1.39 bits per heavy atom. The molecule has 2 rings (SSSR count). The molecule has 1 saturated carbocycles. The predicted octanol–water partition coefficient (Wildman–Crippen LogP) is 2.80. The first kappa shape index (κ1) is 17.2. The van der Waals surface area contributed by atoms with E-state index >= 15 is 0 Å². The summed E-state index contributed by atoms with van der Waals surface area (Å²) in [6, 6.07) is 3.01. The summed E-state index contributed by atoms with van der Waals surface area (Å²) in [6.45, 7) is 1.93. The van der Waals surface area contributed by atoms with Gasteiger partial charge in [0.15, 0.2) is 0 Å². The van der Waals surface area contributed by atoms with E-state index in [1.54, 1.807) is 13.0 Å². The van der Waals surface area contributed by atoms with E-state index in [2.05, 4.69) is 10.1 Å². The molecule has 1 aromatic carbocycles. The zero-order chi connectivity index (χ0) is 17.0. The minimum Gasteiger partial charge on any atom is -0.465 e. The minimum absolute atomic E-state index is 0.0874. The van der Waals surface area contributed by atoms with Crippen molar-refractivity contribution in [2.75, 3.05) is 19.0 Å². The molecule has 1 aliphatic rings. The van der Waals surface area contributed by atoms with E-state index < -0.39 is 16.5 Å². The number of carbonyl (C=O) groups excluding carboxylic acids is 1. The summed E-state index contributed by atoms with van der Waals surface area (Å²) in [4.78, 5) is 22.4. The van der Waals surface area contributed by atoms with Gasteiger partial charge in [-0.2, -0.15) is 0 Å². The number of carbonyl (C=O) groups is 1. The number of nitro groups is 1. The summed E-state index contributed by atoms with van der Waals surface area (Å²) in [6.07, 6.45) is 4.58. The van der Waals surface area contributed by atoms with E-state index in [0.29, 0.717) is 17.8 Å². The van der Waals surface area contributed by atoms with Crippen LogP contribution < -0.4 is 5.32 Å². The van der Waals surface area contributed by atoms with Crippen LogP contribution in [0.2, 0.25) is 0 Å². The number of hydrogen-bond donors (Lipinski definition) is 2. The fraction of sp³-hybridized carbons (Fsp3) is 0.562. The van der Waals surface area contributed by atoms with Crippen LogP contribution in [0.1, 0.15) is 48.0 Å². The van der Waals surface area contributed by atoms with Crippen molar-refractivity contribution >= 4 is 17.3 Å².